The maximum absolute atomic E-state index is 13.0. The van der Waals surface area contributed by atoms with E-state index in [0.29, 0.717) is 26.4 Å². The normalized spacial score (nSPS) is 29.3. The quantitative estimate of drug-likeness (QED) is 0.840. The van der Waals surface area contributed by atoms with Crippen molar-refractivity contribution in [3.8, 4) is 0 Å². The molecule has 2 aliphatic rings. The Balaban J connectivity index is 2.09. The third-order valence-electron chi connectivity index (χ3n) is 4.50. The first-order valence-corrected chi connectivity index (χ1v) is 6.90. The number of carboxylic acids is 1. The molecule has 0 amide bonds. The lowest BCUT2D eigenvalue weighted by Crippen LogP contribution is -2.64. The van der Waals surface area contributed by atoms with Crippen molar-refractivity contribution in [2.24, 2.45) is 0 Å². The molecule has 2 atom stereocenters. The Bertz CT molecular complexity index is 380. The average molecular weight is 295 g/mol. The van der Waals surface area contributed by atoms with E-state index < -0.39 is 23.7 Å². The highest BCUT2D eigenvalue weighted by Gasteiger charge is 2.58. The highest BCUT2D eigenvalue weighted by Crippen LogP contribution is 2.41. The molecule has 0 aromatic heterocycles. The van der Waals surface area contributed by atoms with Crippen LogP contribution in [0.4, 0.5) is 13.2 Å². The van der Waals surface area contributed by atoms with Crippen LogP contribution in [-0.2, 0) is 9.53 Å². The molecule has 4 nitrogen and oxygen atoms in total. The predicted octanol–water partition coefficient (Wildman–Crippen LogP) is 2.47. The van der Waals surface area contributed by atoms with Crippen LogP contribution in [0.2, 0.25) is 0 Å². The summed E-state index contributed by atoms with van der Waals surface area (Å²) in [5, 5.41) is 11.3. The van der Waals surface area contributed by atoms with Gasteiger partial charge in [-0.2, -0.15) is 13.2 Å². The average Bonchev–Trinajstić information content (AvgIpc) is 2.75. The standard InChI is InChI=1S/C13H20F3NO3/c1-11(10(18)19,13(14,15)16)17-9-4-7-20-12(8-9)5-2-3-6-12/h9,17H,2-8H2,1H3,(H,18,19). The monoisotopic (exact) mass is 295 g/mol. The molecule has 1 spiro atoms. The molecular weight excluding hydrogens is 275 g/mol. The van der Waals surface area contributed by atoms with Crippen molar-refractivity contribution in [1.29, 1.82) is 0 Å². The third kappa shape index (κ3) is 2.79. The van der Waals surface area contributed by atoms with E-state index in [1.165, 1.54) is 0 Å². The van der Waals surface area contributed by atoms with Gasteiger partial charge in [-0.15, -0.1) is 0 Å². The van der Waals surface area contributed by atoms with E-state index >= 15 is 0 Å². The molecule has 1 aliphatic heterocycles. The zero-order chi connectivity index (χ0) is 15.0. The van der Waals surface area contributed by atoms with Gasteiger partial charge in [0.05, 0.1) is 5.60 Å². The van der Waals surface area contributed by atoms with Crippen LogP contribution in [0, 0.1) is 0 Å². The van der Waals surface area contributed by atoms with Crippen molar-refractivity contribution in [3.63, 3.8) is 0 Å². The first-order chi connectivity index (χ1) is 9.19. The van der Waals surface area contributed by atoms with E-state index in [0.717, 1.165) is 25.7 Å². The molecule has 116 valence electrons. The SMILES string of the molecule is CC(NC1CCOC2(CCCC2)C1)(C(=O)O)C(F)(F)F. The fraction of sp³-hybridized carbons (Fsp3) is 0.923. The van der Waals surface area contributed by atoms with E-state index in [1.807, 2.05) is 0 Å². The Hall–Kier alpha value is -0.820. The summed E-state index contributed by atoms with van der Waals surface area (Å²) in [5.74, 6) is -1.89. The van der Waals surface area contributed by atoms with Crippen molar-refractivity contribution in [1.82, 2.24) is 5.32 Å². The van der Waals surface area contributed by atoms with Gasteiger partial charge in [-0.05, 0) is 32.6 Å². The summed E-state index contributed by atoms with van der Waals surface area (Å²) in [4.78, 5) is 11.0. The lowest BCUT2D eigenvalue weighted by atomic mass is 9.87. The number of carboxylic acid groups (broad SMARTS) is 1. The zero-order valence-electron chi connectivity index (χ0n) is 11.4. The molecule has 0 aromatic carbocycles. The molecule has 0 aromatic rings. The molecule has 1 heterocycles. The van der Waals surface area contributed by atoms with Crippen molar-refractivity contribution in [2.45, 2.75) is 68.8 Å². The van der Waals surface area contributed by atoms with Crippen LogP contribution in [0.3, 0.4) is 0 Å². The van der Waals surface area contributed by atoms with Crippen LogP contribution in [0.1, 0.15) is 45.4 Å². The first-order valence-electron chi connectivity index (χ1n) is 6.90. The van der Waals surface area contributed by atoms with E-state index in [4.69, 9.17) is 9.84 Å². The van der Waals surface area contributed by atoms with Crippen LogP contribution < -0.4 is 5.32 Å². The summed E-state index contributed by atoms with van der Waals surface area (Å²) in [6.07, 6.45) is -0.251. The number of alkyl halides is 3. The topological polar surface area (TPSA) is 58.6 Å². The molecular formula is C13H20F3NO3. The van der Waals surface area contributed by atoms with Crippen LogP contribution in [0.25, 0.3) is 0 Å². The van der Waals surface area contributed by atoms with Crippen molar-refractivity contribution in [3.05, 3.63) is 0 Å². The number of halogens is 3. The summed E-state index contributed by atoms with van der Waals surface area (Å²) in [6.45, 7) is 1.07. The smallest absolute Gasteiger partial charge is 0.417 e. The molecule has 1 aliphatic carbocycles. The lowest BCUT2D eigenvalue weighted by molar-refractivity contribution is -0.210. The molecule has 1 saturated carbocycles. The number of nitrogens with one attached hydrogen (secondary N) is 1. The second-order valence-electron chi connectivity index (χ2n) is 6.00. The van der Waals surface area contributed by atoms with Crippen molar-refractivity contribution < 1.29 is 27.8 Å². The highest BCUT2D eigenvalue weighted by molar-refractivity contribution is 5.79. The van der Waals surface area contributed by atoms with Gasteiger partial charge >= 0.3 is 12.1 Å². The third-order valence-corrected chi connectivity index (χ3v) is 4.50. The summed E-state index contributed by atoms with van der Waals surface area (Å²) >= 11 is 0. The van der Waals surface area contributed by atoms with Crippen LogP contribution >= 0.6 is 0 Å². The van der Waals surface area contributed by atoms with E-state index in [-0.39, 0.29) is 5.60 Å². The number of carbonyl (C=O) groups is 1. The van der Waals surface area contributed by atoms with Crippen LogP contribution in [0.5, 0.6) is 0 Å². The molecule has 1 saturated heterocycles. The van der Waals surface area contributed by atoms with Gasteiger partial charge in [0.25, 0.3) is 0 Å². The Kier molecular flexibility index (Phi) is 4.03. The van der Waals surface area contributed by atoms with Gasteiger partial charge in [0, 0.05) is 12.6 Å². The Morgan fingerprint density at radius 1 is 1.35 bits per heavy atom. The van der Waals surface area contributed by atoms with Gasteiger partial charge in [-0.3, -0.25) is 5.32 Å². The molecule has 0 radical (unpaired) electrons. The molecule has 2 rings (SSSR count). The van der Waals surface area contributed by atoms with Crippen molar-refractivity contribution >= 4 is 5.97 Å². The number of hydrogen-bond acceptors (Lipinski definition) is 3. The Morgan fingerprint density at radius 3 is 2.45 bits per heavy atom. The van der Waals surface area contributed by atoms with Crippen molar-refractivity contribution in [2.75, 3.05) is 6.61 Å². The predicted molar refractivity (Wildman–Crippen MR) is 65.4 cm³/mol. The van der Waals surface area contributed by atoms with E-state index in [9.17, 15) is 18.0 Å². The van der Waals surface area contributed by atoms with Crippen LogP contribution in [-0.4, -0.2) is 41.0 Å². The first kappa shape index (κ1) is 15.6. The lowest BCUT2D eigenvalue weighted by Gasteiger charge is -2.42. The summed E-state index contributed by atoms with van der Waals surface area (Å²) in [6, 6.07) is -0.482. The number of hydrogen-bond donors (Lipinski definition) is 2. The summed E-state index contributed by atoms with van der Waals surface area (Å²) < 4.78 is 44.8. The molecule has 2 N–H and O–H groups in total. The second-order valence-corrected chi connectivity index (χ2v) is 6.00. The number of ether oxygens (including phenoxy) is 1. The Labute approximate surface area is 115 Å². The molecule has 2 fully saturated rings. The van der Waals surface area contributed by atoms with Gasteiger partial charge in [-0.1, -0.05) is 12.8 Å². The molecule has 20 heavy (non-hydrogen) atoms. The minimum Gasteiger partial charge on any atom is -0.480 e. The van der Waals surface area contributed by atoms with Gasteiger partial charge < -0.3 is 9.84 Å². The molecule has 2 unspecified atom stereocenters. The largest absolute Gasteiger partial charge is 0.480 e. The fourth-order valence-corrected chi connectivity index (χ4v) is 3.19. The summed E-state index contributed by atoms with van der Waals surface area (Å²) in [7, 11) is 0. The minimum absolute atomic E-state index is 0.346. The van der Waals surface area contributed by atoms with Gasteiger partial charge in [-0.25, -0.2) is 4.79 Å². The maximum atomic E-state index is 13.0. The van der Waals surface area contributed by atoms with E-state index in [2.05, 4.69) is 5.32 Å². The fourth-order valence-electron chi connectivity index (χ4n) is 3.19. The maximum Gasteiger partial charge on any atom is 0.417 e. The summed E-state index contributed by atoms with van der Waals surface area (Å²) in [5.41, 5.74) is -3.25. The van der Waals surface area contributed by atoms with Gasteiger partial charge in [0.15, 0.2) is 0 Å². The van der Waals surface area contributed by atoms with Gasteiger partial charge in [0.1, 0.15) is 0 Å². The number of rotatable bonds is 3. The van der Waals surface area contributed by atoms with E-state index in [1.54, 1.807) is 0 Å². The molecule has 0 bridgehead atoms. The number of aliphatic carboxylic acids is 1. The van der Waals surface area contributed by atoms with Crippen LogP contribution in [0.15, 0.2) is 0 Å². The van der Waals surface area contributed by atoms with Gasteiger partial charge in [0.2, 0.25) is 5.54 Å². The zero-order valence-corrected chi connectivity index (χ0v) is 11.4. The minimum atomic E-state index is -4.83. The second kappa shape index (κ2) is 5.18. The highest BCUT2D eigenvalue weighted by atomic mass is 19.4. The molecule has 7 heteroatoms. The Morgan fingerprint density at radius 2 is 1.95 bits per heavy atom.